The topological polar surface area (TPSA) is 111 Å². The van der Waals surface area contributed by atoms with E-state index in [1.54, 1.807) is 23.2 Å². The zero-order chi connectivity index (χ0) is 24.3. The number of carbonyl (C=O) groups is 2. The van der Waals surface area contributed by atoms with E-state index in [0.29, 0.717) is 59.1 Å². The lowest BCUT2D eigenvalue weighted by atomic mass is 10.2. The van der Waals surface area contributed by atoms with Gasteiger partial charge in [-0.1, -0.05) is 29.5 Å². The van der Waals surface area contributed by atoms with E-state index >= 15 is 0 Å². The fraction of sp³-hybridized carbons (Fsp3) is 0.333. The second-order valence-corrected chi connectivity index (χ2v) is 9.77. The largest absolute Gasteiger partial charge is 0.444 e. The summed E-state index contributed by atoms with van der Waals surface area (Å²) in [6.45, 7) is 7.70. The second kappa shape index (κ2) is 9.68. The van der Waals surface area contributed by atoms with Crippen molar-refractivity contribution in [3.63, 3.8) is 0 Å². The van der Waals surface area contributed by atoms with E-state index in [9.17, 15) is 9.59 Å². The number of thiazole rings is 1. The van der Waals surface area contributed by atoms with Crippen molar-refractivity contribution in [2.75, 3.05) is 31.1 Å². The molecule has 178 valence electrons. The number of para-hydroxylation sites is 1. The van der Waals surface area contributed by atoms with Gasteiger partial charge in [0, 0.05) is 44.0 Å². The number of nitrogens with zero attached hydrogens (tertiary/aromatic N) is 4. The number of primary amides is 1. The molecule has 1 aromatic carbocycles. The molecule has 1 aliphatic heterocycles. The first-order chi connectivity index (χ1) is 16.2. The van der Waals surface area contributed by atoms with Gasteiger partial charge in [0.05, 0.1) is 5.69 Å². The Morgan fingerprint density at radius 3 is 2.32 bits per heavy atom. The van der Waals surface area contributed by atoms with Gasteiger partial charge in [-0.25, -0.2) is 14.8 Å². The quantitative estimate of drug-likeness (QED) is 0.583. The van der Waals surface area contributed by atoms with Gasteiger partial charge in [-0.15, -0.1) is 0 Å². The first kappa shape index (κ1) is 23.5. The molecule has 3 aromatic rings. The van der Waals surface area contributed by atoms with Crippen molar-refractivity contribution in [3.05, 3.63) is 53.5 Å². The van der Waals surface area contributed by atoms with E-state index < -0.39 is 11.5 Å². The van der Waals surface area contributed by atoms with Crippen LogP contribution in [0.15, 0.2) is 48.7 Å². The molecule has 2 aromatic heterocycles. The summed E-state index contributed by atoms with van der Waals surface area (Å²) in [6.07, 6.45) is 1.29. The van der Waals surface area contributed by atoms with Crippen LogP contribution < -0.4 is 15.4 Å². The van der Waals surface area contributed by atoms with Crippen molar-refractivity contribution < 1.29 is 19.1 Å². The van der Waals surface area contributed by atoms with Crippen LogP contribution in [-0.2, 0) is 4.74 Å². The molecular formula is C24H27N5O4S. The maximum atomic E-state index is 12.3. The smallest absolute Gasteiger partial charge is 0.410 e. The first-order valence-corrected chi connectivity index (χ1v) is 11.7. The minimum atomic E-state index is -0.546. The summed E-state index contributed by atoms with van der Waals surface area (Å²) in [5.74, 6) is 0.571. The molecule has 1 aliphatic rings. The summed E-state index contributed by atoms with van der Waals surface area (Å²) in [4.78, 5) is 37.6. The van der Waals surface area contributed by atoms with Gasteiger partial charge in [-0.3, -0.25) is 4.79 Å². The van der Waals surface area contributed by atoms with Gasteiger partial charge in [0.1, 0.15) is 16.2 Å². The molecule has 1 saturated heterocycles. The predicted octanol–water partition coefficient (Wildman–Crippen LogP) is 4.15. The fourth-order valence-electron chi connectivity index (χ4n) is 3.40. The number of amides is 2. The van der Waals surface area contributed by atoms with Crippen molar-refractivity contribution >= 4 is 28.5 Å². The molecule has 10 heteroatoms. The number of hydrogen-bond acceptors (Lipinski definition) is 8. The summed E-state index contributed by atoms with van der Waals surface area (Å²) >= 11 is 1.24. The normalized spacial score (nSPS) is 14.1. The average molecular weight is 482 g/mol. The van der Waals surface area contributed by atoms with Crippen LogP contribution in [0.1, 0.15) is 30.4 Å². The third kappa shape index (κ3) is 5.63. The van der Waals surface area contributed by atoms with Gasteiger partial charge in [0.2, 0.25) is 5.88 Å². The van der Waals surface area contributed by atoms with Crippen LogP contribution in [0.5, 0.6) is 11.6 Å². The number of ether oxygens (including phenoxy) is 2. The average Bonchev–Trinajstić information content (AvgIpc) is 3.25. The van der Waals surface area contributed by atoms with E-state index in [2.05, 4.69) is 4.98 Å². The van der Waals surface area contributed by atoms with Gasteiger partial charge in [0.25, 0.3) is 5.91 Å². The second-order valence-electron chi connectivity index (χ2n) is 8.79. The molecule has 1 fully saturated rings. The van der Waals surface area contributed by atoms with Crippen molar-refractivity contribution in [2.24, 2.45) is 5.73 Å². The highest BCUT2D eigenvalue weighted by atomic mass is 32.1. The third-order valence-corrected chi connectivity index (χ3v) is 6.15. The number of aromatic nitrogens is 2. The lowest BCUT2D eigenvalue weighted by Gasteiger charge is -2.35. The van der Waals surface area contributed by atoms with Crippen LogP contribution >= 0.6 is 11.3 Å². The van der Waals surface area contributed by atoms with Crippen LogP contribution in [0.4, 0.5) is 9.93 Å². The zero-order valence-corrected chi connectivity index (χ0v) is 20.2. The fourth-order valence-corrected chi connectivity index (χ4v) is 4.40. The molecule has 2 N–H and O–H groups in total. The van der Waals surface area contributed by atoms with E-state index in [0.717, 1.165) is 0 Å². The van der Waals surface area contributed by atoms with E-state index in [1.165, 1.54) is 11.3 Å². The third-order valence-electron chi connectivity index (χ3n) is 5.02. The number of rotatable bonds is 5. The summed E-state index contributed by atoms with van der Waals surface area (Å²) in [5, 5.41) is 0.678. The van der Waals surface area contributed by atoms with Crippen molar-refractivity contribution in [1.29, 1.82) is 0 Å². The molecule has 34 heavy (non-hydrogen) atoms. The predicted molar refractivity (Wildman–Crippen MR) is 130 cm³/mol. The lowest BCUT2D eigenvalue weighted by molar-refractivity contribution is 0.0240. The Bertz CT molecular complexity index is 1150. The van der Waals surface area contributed by atoms with Crippen molar-refractivity contribution in [1.82, 2.24) is 14.9 Å². The Hall–Kier alpha value is -3.66. The lowest BCUT2D eigenvalue weighted by Crippen LogP contribution is -2.50. The summed E-state index contributed by atoms with van der Waals surface area (Å²) in [6, 6.07) is 12.9. The molecule has 0 aliphatic carbocycles. The highest BCUT2D eigenvalue weighted by molar-refractivity contribution is 7.18. The molecule has 0 bridgehead atoms. The summed E-state index contributed by atoms with van der Waals surface area (Å²) < 4.78 is 11.2. The standard InChI is InChI=1S/C24H27N5O4S/c1-24(2,3)33-23(31)29-13-11-28(12-14-29)22-27-19(20(34-22)21(25)30)16-9-10-18(26-15-16)32-17-7-5-4-6-8-17/h4-10,15H,11-14H2,1-3H3,(H2,25,30). The number of pyridine rings is 1. The molecular weight excluding hydrogens is 454 g/mol. The molecule has 4 rings (SSSR count). The van der Waals surface area contributed by atoms with Gasteiger partial charge >= 0.3 is 6.09 Å². The Kier molecular flexibility index (Phi) is 6.69. The Balaban J connectivity index is 1.47. The highest BCUT2D eigenvalue weighted by Gasteiger charge is 2.28. The van der Waals surface area contributed by atoms with Gasteiger partial charge in [-0.2, -0.15) is 0 Å². The summed E-state index contributed by atoms with van der Waals surface area (Å²) in [7, 11) is 0. The zero-order valence-electron chi connectivity index (χ0n) is 19.4. The van der Waals surface area contributed by atoms with Crippen LogP contribution in [0, 0.1) is 0 Å². The van der Waals surface area contributed by atoms with E-state index in [1.807, 2.05) is 56.0 Å². The van der Waals surface area contributed by atoms with E-state index in [-0.39, 0.29) is 6.09 Å². The SMILES string of the molecule is CC(C)(C)OC(=O)N1CCN(c2nc(-c3ccc(Oc4ccccc4)nc3)c(C(N)=O)s2)CC1. The number of benzene rings is 1. The molecule has 3 heterocycles. The first-order valence-electron chi connectivity index (χ1n) is 10.9. The molecule has 0 radical (unpaired) electrons. The Labute approximate surface area is 202 Å². The van der Waals surface area contributed by atoms with Crippen molar-refractivity contribution in [3.8, 4) is 22.9 Å². The summed E-state index contributed by atoms with van der Waals surface area (Å²) in [5.41, 5.74) is 6.27. The molecule has 0 atom stereocenters. The maximum Gasteiger partial charge on any atom is 0.410 e. The monoisotopic (exact) mass is 481 g/mol. The van der Waals surface area contributed by atoms with Gasteiger partial charge in [-0.05, 0) is 39.0 Å². The van der Waals surface area contributed by atoms with Crippen molar-refractivity contribution in [2.45, 2.75) is 26.4 Å². The van der Waals surface area contributed by atoms with Gasteiger partial charge in [0.15, 0.2) is 5.13 Å². The molecule has 0 unspecified atom stereocenters. The molecule has 0 spiro atoms. The number of carbonyl (C=O) groups excluding carboxylic acids is 2. The van der Waals surface area contributed by atoms with Crippen LogP contribution in [0.25, 0.3) is 11.3 Å². The Morgan fingerprint density at radius 2 is 1.74 bits per heavy atom. The number of hydrogen-bond donors (Lipinski definition) is 1. The van der Waals surface area contributed by atoms with Crippen LogP contribution in [0.2, 0.25) is 0 Å². The molecule has 2 amide bonds. The maximum absolute atomic E-state index is 12.3. The van der Waals surface area contributed by atoms with Gasteiger partial charge < -0.3 is 25.0 Å². The van der Waals surface area contributed by atoms with E-state index in [4.69, 9.17) is 20.2 Å². The minimum Gasteiger partial charge on any atom is -0.444 e. The Morgan fingerprint density at radius 1 is 1.03 bits per heavy atom. The molecule has 0 saturated carbocycles. The van der Waals surface area contributed by atoms with Crippen LogP contribution in [0.3, 0.4) is 0 Å². The van der Waals surface area contributed by atoms with Crippen LogP contribution in [-0.4, -0.2) is 58.6 Å². The molecule has 9 nitrogen and oxygen atoms in total. The number of nitrogens with two attached hydrogens (primary N) is 1. The number of anilines is 1. The number of piperazine rings is 1. The highest BCUT2D eigenvalue weighted by Crippen LogP contribution is 2.34. The minimum absolute atomic E-state index is 0.325.